The lowest BCUT2D eigenvalue weighted by Crippen LogP contribution is -2.31. The summed E-state index contributed by atoms with van der Waals surface area (Å²) in [6.07, 6.45) is 4.97. The SMILES string of the molecule is COc1cc(F)c(S(=O)(=O)Cc2cccc(-c3cn(C4CCN(C)CC4)c4ncnc(N)c34)c2F)cc1Cl. The molecule has 4 aromatic rings. The fourth-order valence-corrected chi connectivity index (χ4v) is 6.70. The second-order valence-electron chi connectivity index (χ2n) is 9.40. The van der Waals surface area contributed by atoms with Crippen LogP contribution in [0.5, 0.6) is 5.75 Å². The molecule has 1 aliphatic rings. The van der Waals surface area contributed by atoms with Gasteiger partial charge in [-0.3, -0.25) is 0 Å². The van der Waals surface area contributed by atoms with Crippen molar-refractivity contribution in [2.24, 2.45) is 0 Å². The van der Waals surface area contributed by atoms with Crippen molar-refractivity contribution in [2.45, 2.75) is 29.5 Å². The summed E-state index contributed by atoms with van der Waals surface area (Å²) in [7, 11) is -0.940. The predicted octanol–water partition coefficient (Wildman–Crippen LogP) is 4.86. The highest BCUT2D eigenvalue weighted by Gasteiger charge is 2.27. The van der Waals surface area contributed by atoms with E-state index in [0.717, 1.165) is 38.1 Å². The number of benzene rings is 2. The van der Waals surface area contributed by atoms with Crippen molar-refractivity contribution in [1.29, 1.82) is 0 Å². The van der Waals surface area contributed by atoms with Gasteiger partial charge in [0.1, 0.15) is 40.1 Å². The number of rotatable bonds is 6. The molecule has 5 rings (SSSR count). The number of likely N-dealkylation sites (tertiary alicyclic amines) is 1. The van der Waals surface area contributed by atoms with E-state index in [1.54, 1.807) is 12.1 Å². The number of sulfone groups is 1. The maximum atomic E-state index is 16.0. The molecule has 0 spiro atoms. The Bertz CT molecular complexity index is 1640. The van der Waals surface area contributed by atoms with Crippen molar-refractivity contribution in [2.75, 3.05) is 33.0 Å². The van der Waals surface area contributed by atoms with Crippen molar-refractivity contribution in [3.8, 4) is 16.9 Å². The van der Waals surface area contributed by atoms with Crippen LogP contribution in [0.4, 0.5) is 14.6 Å². The number of hydrogen-bond acceptors (Lipinski definition) is 7. The maximum Gasteiger partial charge on any atom is 0.185 e. The largest absolute Gasteiger partial charge is 0.495 e. The number of methoxy groups -OCH3 is 1. The van der Waals surface area contributed by atoms with E-state index in [0.29, 0.717) is 16.6 Å². The van der Waals surface area contributed by atoms with E-state index in [1.165, 1.54) is 19.5 Å². The summed E-state index contributed by atoms with van der Waals surface area (Å²) in [4.78, 5) is 10.2. The minimum absolute atomic E-state index is 0.00268. The first-order valence-electron chi connectivity index (χ1n) is 11.9. The average molecular weight is 562 g/mol. The van der Waals surface area contributed by atoms with Gasteiger partial charge in [-0.25, -0.2) is 27.2 Å². The molecule has 38 heavy (non-hydrogen) atoms. The fourth-order valence-electron chi connectivity index (χ4n) is 4.95. The lowest BCUT2D eigenvalue weighted by Gasteiger charge is -2.30. The first kappa shape index (κ1) is 26.3. The maximum absolute atomic E-state index is 16.0. The van der Waals surface area contributed by atoms with Gasteiger partial charge >= 0.3 is 0 Å². The summed E-state index contributed by atoms with van der Waals surface area (Å²) in [5.41, 5.74) is 7.32. The Morgan fingerprint density at radius 3 is 2.61 bits per heavy atom. The normalized spacial score (nSPS) is 15.3. The Labute approximate surface area is 223 Å². The lowest BCUT2D eigenvalue weighted by molar-refractivity contribution is 0.224. The van der Waals surface area contributed by atoms with Crippen LogP contribution in [-0.2, 0) is 15.6 Å². The highest BCUT2D eigenvalue weighted by atomic mass is 35.5. The molecular formula is C26H26ClF2N5O3S. The van der Waals surface area contributed by atoms with Gasteiger partial charge in [-0.2, -0.15) is 0 Å². The Hall–Kier alpha value is -3.28. The van der Waals surface area contributed by atoms with E-state index in [1.807, 2.05) is 10.8 Å². The van der Waals surface area contributed by atoms with E-state index in [4.69, 9.17) is 22.1 Å². The summed E-state index contributed by atoms with van der Waals surface area (Å²) in [6.45, 7) is 1.82. The van der Waals surface area contributed by atoms with Gasteiger partial charge < -0.3 is 19.9 Å². The van der Waals surface area contributed by atoms with E-state index >= 15 is 4.39 Å². The molecule has 2 N–H and O–H groups in total. The van der Waals surface area contributed by atoms with Crippen LogP contribution in [0.3, 0.4) is 0 Å². The van der Waals surface area contributed by atoms with E-state index in [-0.39, 0.29) is 33.8 Å². The smallest absolute Gasteiger partial charge is 0.185 e. The molecule has 0 saturated carbocycles. The molecule has 2 aromatic heterocycles. The number of nitrogens with two attached hydrogens (primary N) is 1. The zero-order valence-electron chi connectivity index (χ0n) is 20.8. The molecule has 1 aliphatic heterocycles. The highest BCUT2D eigenvalue weighted by molar-refractivity contribution is 7.90. The van der Waals surface area contributed by atoms with Crippen LogP contribution >= 0.6 is 11.6 Å². The Balaban J connectivity index is 1.58. The molecule has 1 saturated heterocycles. The number of piperidine rings is 1. The third kappa shape index (κ3) is 4.70. The second-order valence-corrected chi connectivity index (χ2v) is 11.8. The number of nitrogen functional groups attached to an aromatic ring is 1. The number of fused-ring (bicyclic) bond motifs is 1. The molecular weight excluding hydrogens is 536 g/mol. The van der Waals surface area contributed by atoms with Gasteiger partial charge in [-0.15, -0.1) is 0 Å². The number of ether oxygens (including phenoxy) is 1. The van der Waals surface area contributed by atoms with Gasteiger partial charge in [-0.1, -0.05) is 29.8 Å². The third-order valence-corrected chi connectivity index (χ3v) is 8.95. The van der Waals surface area contributed by atoms with Crippen LogP contribution in [0, 0.1) is 11.6 Å². The topological polar surface area (TPSA) is 103 Å². The van der Waals surface area contributed by atoms with Crippen molar-refractivity contribution < 1.29 is 21.9 Å². The van der Waals surface area contributed by atoms with Gasteiger partial charge in [0, 0.05) is 35.0 Å². The van der Waals surface area contributed by atoms with Crippen LogP contribution in [0.1, 0.15) is 24.4 Å². The van der Waals surface area contributed by atoms with Crippen molar-refractivity contribution >= 4 is 38.3 Å². The van der Waals surface area contributed by atoms with Crippen LogP contribution in [0.2, 0.25) is 5.02 Å². The number of anilines is 1. The highest BCUT2D eigenvalue weighted by Crippen LogP contribution is 2.39. The number of halogens is 3. The van der Waals surface area contributed by atoms with E-state index in [2.05, 4.69) is 21.9 Å². The quantitative estimate of drug-likeness (QED) is 0.358. The summed E-state index contributed by atoms with van der Waals surface area (Å²) in [6, 6.07) is 6.47. The van der Waals surface area contributed by atoms with Crippen molar-refractivity contribution in [3.63, 3.8) is 0 Å². The zero-order chi connectivity index (χ0) is 27.2. The molecule has 0 atom stereocenters. The van der Waals surface area contributed by atoms with Gasteiger partial charge in [0.25, 0.3) is 0 Å². The van der Waals surface area contributed by atoms with Gasteiger partial charge in [0.2, 0.25) is 0 Å². The Morgan fingerprint density at radius 2 is 1.89 bits per heavy atom. The van der Waals surface area contributed by atoms with E-state index in [9.17, 15) is 12.8 Å². The Kier molecular flexibility index (Phi) is 7.01. The van der Waals surface area contributed by atoms with Crippen LogP contribution in [0.15, 0.2) is 47.8 Å². The zero-order valence-corrected chi connectivity index (χ0v) is 22.4. The molecule has 0 unspecified atom stereocenters. The molecule has 12 heteroatoms. The lowest BCUT2D eigenvalue weighted by atomic mass is 10.0. The molecule has 0 bridgehead atoms. The first-order chi connectivity index (χ1) is 18.1. The van der Waals surface area contributed by atoms with Crippen LogP contribution in [0.25, 0.3) is 22.2 Å². The second kappa shape index (κ2) is 10.1. The monoisotopic (exact) mass is 561 g/mol. The van der Waals surface area contributed by atoms with Crippen molar-refractivity contribution in [1.82, 2.24) is 19.4 Å². The Morgan fingerprint density at radius 1 is 1.16 bits per heavy atom. The summed E-state index contributed by atoms with van der Waals surface area (Å²) < 4.78 is 63.8. The summed E-state index contributed by atoms with van der Waals surface area (Å²) in [5.74, 6) is -2.36. The summed E-state index contributed by atoms with van der Waals surface area (Å²) in [5, 5.41) is 0.428. The molecule has 0 amide bonds. The van der Waals surface area contributed by atoms with Crippen LogP contribution in [-0.4, -0.2) is 55.1 Å². The van der Waals surface area contributed by atoms with Gasteiger partial charge in [0.05, 0.1) is 23.3 Å². The van der Waals surface area contributed by atoms with Gasteiger partial charge in [0.15, 0.2) is 9.84 Å². The molecule has 0 radical (unpaired) electrons. The fraction of sp³-hybridized carbons (Fsp3) is 0.308. The minimum atomic E-state index is -4.29. The number of nitrogens with zero attached hydrogens (tertiary/aromatic N) is 4. The van der Waals surface area contributed by atoms with E-state index < -0.39 is 32.1 Å². The van der Waals surface area contributed by atoms with Crippen LogP contribution < -0.4 is 10.5 Å². The predicted molar refractivity (Wildman–Crippen MR) is 142 cm³/mol. The molecule has 0 aliphatic carbocycles. The molecule has 3 heterocycles. The summed E-state index contributed by atoms with van der Waals surface area (Å²) >= 11 is 6.03. The average Bonchev–Trinajstić information content (AvgIpc) is 3.27. The molecule has 8 nitrogen and oxygen atoms in total. The molecule has 2 aromatic carbocycles. The van der Waals surface area contributed by atoms with Gasteiger partial charge in [-0.05, 0) is 39.0 Å². The minimum Gasteiger partial charge on any atom is -0.495 e. The van der Waals surface area contributed by atoms with Crippen molar-refractivity contribution in [3.05, 3.63) is 65.1 Å². The number of aromatic nitrogens is 3. The molecule has 200 valence electrons. The molecule has 1 fully saturated rings. The first-order valence-corrected chi connectivity index (χ1v) is 14.0. The third-order valence-electron chi connectivity index (χ3n) is 6.98. The standard InChI is InChI=1S/C26H26ClF2N5O3S/c1-33-8-6-16(7-9-33)34-12-18(23-25(30)31-14-32-26(23)34)17-5-3-4-15(24(17)29)13-38(35,36)22-10-19(27)21(37-2)11-20(22)28/h3-5,10-12,14,16H,6-9,13H2,1-2H3,(H2,30,31,32). The number of hydrogen-bond donors (Lipinski definition) is 1.